The van der Waals surface area contributed by atoms with E-state index in [1.807, 2.05) is 13.8 Å². The second-order valence-electron chi connectivity index (χ2n) is 16.4. The molecule has 8 aliphatic rings. The smallest absolute Gasteiger partial charge is 0.333 e. The molecule has 1 saturated heterocycles. The number of fused-ring (bicyclic) bond motifs is 1. The first-order valence-electron chi connectivity index (χ1n) is 17.6. The molecule has 1 aliphatic heterocycles. The zero-order valence-electron chi connectivity index (χ0n) is 29.1. The largest absolute Gasteiger partial charge is 0.458 e. The molecule has 2 N–H and O–H groups in total. The molecule has 0 aromatic rings. The molecule has 48 heavy (non-hydrogen) atoms. The molecule has 0 amide bonds. The van der Waals surface area contributed by atoms with Crippen molar-refractivity contribution >= 4 is 23.9 Å². The molecule has 10 heteroatoms. The van der Waals surface area contributed by atoms with E-state index in [-0.39, 0.29) is 47.5 Å². The molecule has 8 fully saturated rings. The molecular formula is C38H54O10. The summed E-state index contributed by atoms with van der Waals surface area (Å²) in [5, 5.41) is 21.0. The van der Waals surface area contributed by atoms with Crippen molar-refractivity contribution in [2.24, 2.45) is 29.6 Å². The zero-order chi connectivity index (χ0) is 35.2. The predicted molar refractivity (Wildman–Crippen MR) is 176 cm³/mol. The first-order chi connectivity index (χ1) is 22.4. The minimum absolute atomic E-state index is 0.0682. The summed E-state index contributed by atoms with van der Waals surface area (Å²) in [6, 6.07) is 0. The van der Waals surface area contributed by atoms with Crippen molar-refractivity contribution in [2.75, 3.05) is 0 Å². The molecule has 266 valence electrons. The van der Waals surface area contributed by atoms with Gasteiger partial charge in [0.15, 0.2) is 0 Å². The first kappa shape index (κ1) is 36.3. The highest BCUT2D eigenvalue weighted by atomic mass is 16.6. The second kappa shape index (κ2) is 13.4. The van der Waals surface area contributed by atoms with Gasteiger partial charge in [0.25, 0.3) is 0 Å². The SMILES string of the molecule is C=C(C)C(=O)OC(C)(C)C1CCCCC1.C=C(C)C(=O)OC12CC3CC(O)(CC(O)(C3)C1)C2.C=CC(=O)OC1C2CC3C(=O)OC1C3C2. The molecule has 10 nitrogen and oxygen atoms in total. The summed E-state index contributed by atoms with van der Waals surface area (Å²) in [7, 11) is 0. The Balaban J connectivity index is 0.000000142. The summed E-state index contributed by atoms with van der Waals surface area (Å²) >= 11 is 0. The third-order valence-electron chi connectivity index (χ3n) is 11.7. The van der Waals surface area contributed by atoms with Crippen LogP contribution in [0.3, 0.4) is 0 Å². The maximum Gasteiger partial charge on any atom is 0.333 e. The van der Waals surface area contributed by atoms with Crippen molar-refractivity contribution in [2.45, 2.75) is 146 Å². The van der Waals surface area contributed by atoms with Crippen LogP contribution >= 0.6 is 0 Å². The molecular weight excluding hydrogens is 616 g/mol. The van der Waals surface area contributed by atoms with E-state index in [0.717, 1.165) is 38.2 Å². The average Bonchev–Trinajstić information content (AvgIpc) is 3.61. The van der Waals surface area contributed by atoms with Crippen molar-refractivity contribution in [3.05, 3.63) is 37.0 Å². The van der Waals surface area contributed by atoms with Crippen molar-refractivity contribution in [1.82, 2.24) is 0 Å². The normalized spacial score (nSPS) is 38.4. The molecule has 0 spiro atoms. The van der Waals surface area contributed by atoms with Crippen LogP contribution in [-0.4, -0.2) is 68.7 Å². The molecule has 7 unspecified atom stereocenters. The van der Waals surface area contributed by atoms with E-state index in [1.165, 1.54) is 32.1 Å². The lowest BCUT2D eigenvalue weighted by Crippen LogP contribution is -2.66. The highest BCUT2D eigenvalue weighted by Gasteiger charge is 2.65. The number of carbonyl (C=O) groups is 4. The van der Waals surface area contributed by atoms with Crippen LogP contribution in [0.2, 0.25) is 0 Å². The van der Waals surface area contributed by atoms with Gasteiger partial charge in [0, 0.05) is 48.3 Å². The van der Waals surface area contributed by atoms with Gasteiger partial charge in [0.2, 0.25) is 0 Å². The average molecular weight is 671 g/mol. The lowest BCUT2D eigenvalue weighted by atomic mass is 9.50. The van der Waals surface area contributed by atoms with E-state index in [4.69, 9.17) is 18.9 Å². The first-order valence-corrected chi connectivity index (χ1v) is 17.6. The minimum Gasteiger partial charge on any atom is -0.458 e. The van der Waals surface area contributed by atoms with Gasteiger partial charge in [-0.3, -0.25) is 4.79 Å². The van der Waals surface area contributed by atoms with Gasteiger partial charge in [-0.25, -0.2) is 14.4 Å². The van der Waals surface area contributed by atoms with Gasteiger partial charge in [0.05, 0.1) is 17.1 Å². The third-order valence-corrected chi connectivity index (χ3v) is 11.7. The molecule has 7 aliphatic carbocycles. The van der Waals surface area contributed by atoms with E-state index in [1.54, 1.807) is 13.8 Å². The molecule has 0 aromatic heterocycles. The lowest BCUT2D eigenvalue weighted by Gasteiger charge is -2.62. The maximum absolute atomic E-state index is 11.8. The monoisotopic (exact) mass is 670 g/mol. The van der Waals surface area contributed by atoms with Crippen molar-refractivity contribution in [1.29, 1.82) is 0 Å². The number of ether oxygens (including phenoxy) is 4. The fourth-order valence-corrected chi connectivity index (χ4v) is 10.1. The summed E-state index contributed by atoms with van der Waals surface area (Å²) in [4.78, 5) is 45.8. The number of hydrogen-bond donors (Lipinski definition) is 2. The standard InChI is InChI=1S/C14H20O4.C13H22O2.C11H12O4/c1-9(2)11(15)18-14-5-10-3-12(16,7-14)6-13(17,4-10)8-14;1-10(2)12(14)15-13(3,4)11-8-6-5-7-9-11;1-2-8(12)14-9-5-3-6-7(4-5)11(13)15-10(6)9/h10,16-17H,1,3-8H2,2H3;11H,1,5-9H2,2-4H3;2,5-7,9-10H,1,3-4H2. The lowest BCUT2D eigenvalue weighted by molar-refractivity contribution is -0.260. The molecule has 1 heterocycles. The fourth-order valence-electron chi connectivity index (χ4n) is 10.1. The Morgan fingerprint density at radius 3 is 2.06 bits per heavy atom. The van der Waals surface area contributed by atoms with Crippen LogP contribution < -0.4 is 0 Å². The van der Waals surface area contributed by atoms with E-state index in [0.29, 0.717) is 42.2 Å². The Hall–Kier alpha value is -2.98. The predicted octanol–water partition coefficient (Wildman–Crippen LogP) is 5.43. The van der Waals surface area contributed by atoms with Crippen molar-refractivity contribution < 1.29 is 48.3 Å². The highest BCUT2D eigenvalue weighted by molar-refractivity contribution is 5.87. The van der Waals surface area contributed by atoms with Crippen LogP contribution in [0, 0.1) is 29.6 Å². The Bertz CT molecular complexity index is 1320. The number of carbonyl (C=O) groups excluding carboxylic acids is 4. The Kier molecular flexibility index (Phi) is 10.1. The summed E-state index contributed by atoms with van der Waals surface area (Å²) in [5.74, 6) is 0.222. The molecule has 6 bridgehead atoms. The van der Waals surface area contributed by atoms with E-state index in [9.17, 15) is 29.4 Å². The van der Waals surface area contributed by atoms with Crippen LogP contribution in [0.4, 0.5) is 0 Å². The second-order valence-corrected chi connectivity index (χ2v) is 16.4. The zero-order valence-corrected chi connectivity index (χ0v) is 29.1. The van der Waals surface area contributed by atoms with Crippen LogP contribution in [0.1, 0.15) is 111 Å². The van der Waals surface area contributed by atoms with Gasteiger partial charge in [-0.1, -0.05) is 39.0 Å². The van der Waals surface area contributed by atoms with Crippen LogP contribution in [0.25, 0.3) is 0 Å². The highest BCUT2D eigenvalue weighted by Crippen LogP contribution is 2.60. The van der Waals surface area contributed by atoms with Gasteiger partial charge in [-0.15, -0.1) is 0 Å². The van der Waals surface area contributed by atoms with Crippen LogP contribution in [0.15, 0.2) is 37.0 Å². The number of esters is 4. The summed E-state index contributed by atoms with van der Waals surface area (Å²) in [6.45, 7) is 17.9. The Morgan fingerprint density at radius 2 is 1.52 bits per heavy atom. The minimum atomic E-state index is -0.858. The molecule has 0 radical (unpaired) electrons. The van der Waals surface area contributed by atoms with E-state index >= 15 is 0 Å². The van der Waals surface area contributed by atoms with Crippen molar-refractivity contribution in [3.63, 3.8) is 0 Å². The fraction of sp³-hybridized carbons (Fsp3) is 0.737. The van der Waals surface area contributed by atoms with Crippen LogP contribution in [-0.2, 0) is 38.1 Å². The quantitative estimate of drug-likeness (QED) is 0.204. The van der Waals surface area contributed by atoms with Gasteiger partial charge >= 0.3 is 23.9 Å². The molecule has 7 saturated carbocycles. The van der Waals surface area contributed by atoms with E-state index < -0.39 is 28.7 Å². The molecule has 0 aromatic carbocycles. The summed E-state index contributed by atoms with van der Waals surface area (Å²) in [6.07, 6.45) is 12.2. The van der Waals surface area contributed by atoms with Crippen molar-refractivity contribution in [3.8, 4) is 0 Å². The Morgan fingerprint density at radius 1 is 0.917 bits per heavy atom. The Labute approximate surface area is 284 Å². The number of hydrogen-bond acceptors (Lipinski definition) is 10. The number of aliphatic hydroxyl groups is 2. The number of rotatable bonds is 7. The van der Waals surface area contributed by atoms with Gasteiger partial charge in [0.1, 0.15) is 23.4 Å². The molecule has 7 atom stereocenters. The maximum atomic E-state index is 11.8. The van der Waals surface area contributed by atoms with Crippen LogP contribution in [0.5, 0.6) is 0 Å². The van der Waals surface area contributed by atoms with Gasteiger partial charge < -0.3 is 29.2 Å². The van der Waals surface area contributed by atoms with Gasteiger partial charge in [-0.05, 0) is 84.5 Å². The third kappa shape index (κ3) is 7.59. The summed E-state index contributed by atoms with van der Waals surface area (Å²) < 4.78 is 21.6. The topological polar surface area (TPSA) is 146 Å². The van der Waals surface area contributed by atoms with E-state index in [2.05, 4.69) is 19.7 Å². The molecule has 8 rings (SSSR count). The summed E-state index contributed by atoms with van der Waals surface area (Å²) in [5.41, 5.74) is -1.88. The van der Waals surface area contributed by atoms with Gasteiger partial charge in [-0.2, -0.15) is 0 Å².